The van der Waals surface area contributed by atoms with Crippen LogP contribution in [0.4, 0.5) is 13.2 Å². The minimum atomic E-state index is -4.79. The van der Waals surface area contributed by atoms with Crippen LogP contribution in [-0.4, -0.2) is 40.3 Å². The van der Waals surface area contributed by atoms with Crippen LogP contribution in [0.2, 0.25) is 0 Å². The summed E-state index contributed by atoms with van der Waals surface area (Å²) in [4.78, 5) is 20.4. The van der Waals surface area contributed by atoms with E-state index in [1.54, 1.807) is 0 Å². The van der Waals surface area contributed by atoms with Gasteiger partial charge < -0.3 is 9.47 Å². The van der Waals surface area contributed by atoms with Crippen LogP contribution in [0.25, 0.3) is 0 Å². The molecule has 0 saturated heterocycles. The van der Waals surface area contributed by atoms with Crippen molar-refractivity contribution >= 4 is 22.7 Å². The number of ether oxygens (including phenoxy) is 2. The number of rotatable bonds is 2. The molecule has 0 aromatic heterocycles. The van der Waals surface area contributed by atoms with Crippen molar-refractivity contribution in [3.8, 4) is 0 Å². The number of hydrogen-bond acceptors (Lipinski definition) is 5. The van der Waals surface area contributed by atoms with E-state index in [1.807, 2.05) is 0 Å². The van der Waals surface area contributed by atoms with Crippen molar-refractivity contribution in [1.82, 2.24) is 0 Å². The van der Waals surface area contributed by atoms with Gasteiger partial charge >= 0.3 is 18.1 Å². The molecule has 1 heterocycles. The molecule has 0 bridgehead atoms. The molecule has 5 nitrogen and oxygen atoms in total. The Hall–Kier alpha value is -1.38. The summed E-state index contributed by atoms with van der Waals surface area (Å²) in [5, 5.41) is 0. The molecule has 1 aliphatic rings. The summed E-state index contributed by atoms with van der Waals surface area (Å²) >= 11 is 0. The topological polar surface area (TPSA) is 69.7 Å². The molecule has 0 amide bonds. The van der Waals surface area contributed by atoms with Crippen molar-refractivity contribution < 1.29 is 36.4 Å². The minimum Gasteiger partial charge on any atom is -0.457 e. The molecule has 0 fully saturated rings. The van der Waals surface area contributed by atoms with E-state index in [2.05, 4.69) is 4.74 Å². The molecule has 19 heavy (non-hydrogen) atoms. The third-order valence-electron chi connectivity index (χ3n) is 2.14. The summed E-state index contributed by atoms with van der Waals surface area (Å²) in [5.74, 6) is -2.15. The molecule has 0 aliphatic carbocycles. The summed E-state index contributed by atoms with van der Waals surface area (Å²) in [6.45, 7) is 2.06. The molecule has 0 aromatic carbocycles. The van der Waals surface area contributed by atoms with Crippen LogP contribution in [0.15, 0.2) is 11.0 Å². The van der Waals surface area contributed by atoms with Crippen LogP contribution in [-0.2, 0) is 29.9 Å². The molecule has 3 atom stereocenters. The lowest BCUT2D eigenvalue weighted by atomic mass is 10.2. The largest absolute Gasteiger partial charge is 0.457 e. The second-order valence-electron chi connectivity index (χ2n) is 3.76. The number of allylic oxidation sites excluding steroid dienone is 1. The van der Waals surface area contributed by atoms with E-state index in [9.17, 15) is 27.0 Å². The highest BCUT2D eigenvalue weighted by molar-refractivity contribution is 7.89. The summed E-state index contributed by atoms with van der Waals surface area (Å²) in [6, 6.07) is 0. The first kappa shape index (κ1) is 15.7. The lowest BCUT2D eigenvalue weighted by Gasteiger charge is -2.29. The van der Waals surface area contributed by atoms with Crippen molar-refractivity contribution in [2.45, 2.75) is 32.2 Å². The van der Waals surface area contributed by atoms with Gasteiger partial charge in [-0.25, -0.2) is 0 Å². The predicted molar refractivity (Wildman–Crippen MR) is 58.3 cm³/mol. The molecule has 0 aromatic rings. The Morgan fingerprint density at radius 1 is 1.26 bits per heavy atom. The third-order valence-corrected chi connectivity index (χ3v) is 3.63. The van der Waals surface area contributed by atoms with Crippen LogP contribution in [0.3, 0.4) is 0 Å². The molecule has 9 heteroatoms. The maximum Gasteiger partial charge on any atom is 0.424 e. The van der Waals surface area contributed by atoms with Crippen LogP contribution in [0.1, 0.15) is 13.8 Å². The Bertz CT molecular complexity index is 443. The van der Waals surface area contributed by atoms with Crippen molar-refractivity contribution in [3.63, 3.8) is 0 Å². The predicted octanol–water partition coefficient (Wildman–Crippen LogP) is 1.06. The normalized spacial score (nSPS) is 27.4. The highest BCUT2D eigenvalue weighted by Gasteiger charge is 2.44. The van der Waals surface area contributed by atoms with Gasteiger partial charge in [0.05, 0.1) is 16.6 Å². The smallest absolute Gasteiger partial charge is 0.424 e. The van der Waals surface area contributed by atoms with Crippen molar-refractivity contribution in [2.24, 2.45) is 0 Å². The highest BCUT2D eigenvalue weighted by Crippen LogP contribution is 2.33. The molecule has 1 unspecified atom stereocenters. The maximum atomic E-state index is 12.6. The highest BCUT2D eigenvalue weighted by atomic mass is 32.2. The van der Waals surface area contributed by atoms with Crippen molar-refractivity contribution in [3.05, 3.63) is 11.0 Å². The van der Waals surface area contributed by atoms with Gasteiger partial charge in [0, 0.05) is 13.8 Å². The Morgan fingerprint density at radius 2 is 1.79 bits per heavy atom. The Balaban J connectivity index is 3.06. The number of esters is 2. The summed E-state index contributed by atoms with van der Waals surface area (Å²) in [7, 11) is -2.36. The van der Waals surface area contributed by atoms with Gasteiger partial charge in [-0.05, 0) is 6.08 Å². The van der Waals surface area contributed by atoms with E-state index < -0.39 is 51.8 Å². The van der Waals surface area contributed by atoms with E-state index in [-0.39, 0.29) is 0 Å². The standard InChI is InChI=1S/C10H11F3O5S/c1-5(14)17-7-3-9(10(11,12)13)19(16)4-8(7)18-6(2)15/h3,7-8H,4H2,1-2H3/t7-,8-,19?/m1/s1. The molecule has 108 valence electrons. The molecule has 0 saturated carbocycles. The van der Waals surface area contributed by atoms with E-state index in [0.29, 0.717) is 6.08 Å². The summed E-state index contributed by atoms with van der Waals surface area (Å²) < 4.78 is 58.6. The van der Waals surface area contributed by atoms with E-state index in [4.69, 9.17) is 4.74 Å². The van der Waals surface area contributed by atoms with Crippen LogP contribution >= 0.6 is 0 Å². The van der Waals surface area contributed by atoms with Gasteiger partial charge in [-0.1, -0.05) is 0 Å². The Morgan fingerprint density at radius 3 is 2.21 bits per heavy atom. The SMILES string of the molecule is CC(=O)O[C@@H]1C=C(C(F)(F)F)S(=O)C[C@H]1OC(C)=O. The molecular formula is C10H11F3O5S. The molecular weight excluding hydrogens is 289 g/mol. The van der Waals surface area contributed by atoms with Crippen LogP contribution in [0, 0.1) is 0 Å². The number of hydrogen-bond donors (Lipinski definition) is 0. The first-order valence-corrected chi connectivity index (χ1v) is 6.45. The molecule has 0 N–H and O–H groups in total. The van der Waals surface area contributed by atoms with E-state index >= 15 is 0 Å². The number of alkyl halides is 3. The van der Waals surface area contributed by atoms with E-state index in [1.165, 1.54) is 0 Å². The number of carbonyl (C=O) groups is 2. The molecule has 0 spiro atoms. The fourth-order valence-electron chi connectivity index (χ4n) is 1.51. The minimum absolute atomic E-state index is 0.522. The van der Waals surface area contributed by atoms with Gasteiger partial charge in [0.25, 0.3) is 0 Å². The fourth-order valence-corrected chi connectivity index (χ4v) is 2.79. The summed E-state index contributed by atoms with van der Waals surface area (Å²) in [5.41, 5.74) is 0. The maximum absolute atomic E-state index is 12.6. The second kappa shape index (κ2) is 5.72. The monoisotopic (exact) mass is 300 g/mol. The van der Waals surface area contributed by atoms with Crippen LogP contribution in [0.5, 0.6) is 0 Å². The van der Waals surface area contributed by atoms with Gasteiger partial charge in [0.15, 0.2) is 12.2 Å². The Kier molecular flexibility index (Phi) is 4.72. The lowest BCUT2D eigenvalue weighted by Crippen LogP contribution is -2.42. The quantitative estimate of drug-likeness (QED) is 0.713. The second-order valence-corrected chi connectivity index (χ2v) is 5.23. The van der Waals surface area contributed by atoms with E-state index in [0.717, 1.165) is 13.8 Å². The zero-order chi connectivity index (χ0) is 14.8. The van der Waals surface area contributed by atoms with Crippen molar-refractivity contribution in [2.75, 3.05) is 5.75 Å². The van der Waals surface area contributed by atoms with Gasteiger partial charge in [-0.15, -0.1) is 0 Å². The molecule has 0 radical (unpaired) electrons. The van der Waals surface area contributed by atoms with Gasteiger partial charge in [0.1, 0.15) is 4.91 Å². The van der Waals surface area contributed by atoms with Gasteiger partial charge in [-0.2, -0.15) is 13.2 Å². The van der Waals surface area contributed by atoms with Gasteiger partial charge in [0.2, 0.25) is 0 Å². The zero-order valence-corrected chi connectivity index (χ0v) is 10.8. The summed E-state index contributed by atoms with van der Waals surface area (Å²) in [6.07, 6.45) is -6.84. The number of halogens is 3. The average Bonchev–Trinajstić information content (AvgIpc) is 2.18. The average molecular weight is 300 g/mol. The Labute approximate surface area is 109 Å². The fraction of sp³-hybridized carbons (Fsp3) is 0.600. The first-order chi connectivity index (χ1) is 8.61. The van der Waals surface area contributed by atoms with Crippen molar-refractivity contribution in [1.29, 1.82) is 0 Å². The van der Waals surface area contributed by atoms with Gasteiger partial charge in [-0.3, -0.25) is 13.8 Å². The lowest BCUT2D eigenvalue weighted by molar-refractivity contribution is -0.160. The molecule has 1 aliphatic heterocycles. The third kappa shape index (κ3) is 4.34. The number of carbonyl (C=O) groups excluding carboxylic acids is 2. The molecule has 1 rings (SSSR count). The van der Waals surface area contributed by atoms with Crippen LogP contribution < -0.4 is 0 Å². The first-order valence-electron chi connectivity index (χ1n) is 5.13. The zero-order valence-electron chi connectivity index (χ0n) is 10.0.